The summed E-state index contributed by atoms with van der Waals surface area (Å²) >= 11 is 0. The van der Waals surface area contributed by atoms with E-state index in [1.54, 1.807) is 0 Å². The molecule has 46 heavy (non-hydrogen) atoms. The lowest BCUT2D eigenvalue weighted by Crippen LogP contribution is -2.46. The van der Waals surface area contributed by atoms with Crippen LogP contribution in [0, 0.1) is 0 Å². The summed E-state index contributed by atoms with van der Waals surface area (Å²) in [5.74, 6) is 0. The van der Waals surface area contributed by atoms with Crippen molar-refractivity contribution in [3.8, 4) is 0 Å². The van der Waals surface area contributed by atoms with Gasteiger partial charge in [-0.2, -0.15) is 0 Å². The molecule has 7 aromatic rings. The van der Waals surface area contributed by atoms with Gasteiger partial charge in [-0.05, 0) is 64.5 Å². The average Bonchev–Trinajstić information content (AvgIpc) is 3.14. The highest BCUT2D eigenvalue weighted by Crippen LogP contribution is 2.69. The van der Waals surface area contributed by atoms with E-state index in [0.717, 1.165) is 0 Å². The fourth-order valence-electron chi connectivity index (χ4n) is 7.35. The molecule has 0 amide bonds. The molecule has 0 aromatic heterocycles. The summed E-state index contributed by atoms with van der Waals surface area (Å²) in [6, 6.07) is 70.5. The Labute approximate surface area is 274 Å². The van der Waals surface area contributed by atoms with Crippen LogP contribution in [-0.2, 0) is 5.16 Å². The van der Waals surface area contributed by atoms with Gasteiger partial charge in [-0.25, -0.2) is 0 Å². The van der Waals surface area contributed by atoms with Crippen molar-refractivity contribution >= 4 is 53.9 Å². The zero-order valence-electron chi connectivity index (χ0n) is 25.5. The van der Waals surface area contributed by atoms with Crippen molar-refractivity contribution in [1.82, 2.24) is 0 Å². The summed E-state index contributed by atoms with van der Waals surface area (Å²) in [4.78, 5) is 0. The second-order valence-electron chi connectivity index (χ2n) is 11.7. The molecule has 0 bridgehead atoms. The van der Waals surface area contributed by atoms with E-state index in [9.17, 15) is 0 Å². The van der Waals surface area contributed by atoms with E-state index in [-0.39, 0.29) is 10.8 Å². The molecule has 0 fully saturated rings. The van der Waals surface area contributed by atoms with Crippen molar-refractivity contribution in [2.45, 2.75) is 10.8 Å². The summed E-state index contributed by atoms with van der Waals surface area (Å²) in [7, 11) is -1.82. The van der Waals surface area contributed by atoms with Gasteiger partial charge in [-0.1, -0.05) is 200 Å². The Balaban J connectivity index is 1.58. The zero-order chi connectivity index (χ0) is 30.8. The normalized spacial score (nSPS) is 17.3. The predicted molar refractivity (Wildman–Crippen MR) is 202 cm³/mol. The molecule has 2 heteroatoms. The maximum Gasteiger partial charge on any atom is 0.0602 e. The summed E-state index contributed by atoms with van der Waals surface area (Å²) in [5, 5.41) is 7.81. The van der Waals surface area contributed by atoms with Gasteiger partial charge in [0.25, 0.3) is 0 Å². The molecule has 0 radical (unpaired) electrons. The number of benzene rings is 7. The molecule has 0 saturated carbocycles. The highest BCUT2D eigenvalue weighted by Gasteiger charge is 2.54. The molecular weight excluding hydrogens is 590 g/mol. The van der Waals surface area contributed by atoms with Crippen molar-refractivity contribution in [3.05, 3.63) is 211 Å². The molecule has 1 aliphatic carbocycles. The molecule has 0 saturated heterocycles. The smallest absolute Gasteiger partial charge is 0.0602 e. The predicted octanol–water partition coefficient (Wildman–Crippen LogP) is 9.74. The zero-order valence-corrected chi connectivity index (χ0v) is 27.3. The topological polar surface area (TPSA) is 0 Å². The first-order chi connectivity index (χ1) is 22.9. The largest absolute Gasteiger partial charge is 0.0743 e. The van der Waals surface area contributed by atoms with E-state index >= 15 is 0 Å². The molecular formula is C44H34P2. The molecule has 2 unspecified atom stereocenters. The van der Waals surface area contributed by atoms with Crippen molar-refractivity contribution in [3.63, 3.8) is 0 Å². The number of fused-ring (bicyclic) bond motifs is 2. The lowest BCUT2D eigenvalue weighted by atomic mass is 9.79. The minimum atomic E-state index is -0.977. The van der Waals surface area contributed by atoms with Gasteiger partial charge in [0.15, 0.2) is 0 Å². The number of hydrogen-bond donors (Lipinski definition) is 0. The Morgan fingerprint density at radius 3 is 1.46 bits per heavy atom. The van der Waals surface area contributed by atoms with Gasteiger partial charge in [0.2, 0.25) is 0 Å². The van der Waals surface area contributed by atoms with E-state index < -0.39 is 15.8 Å². The molecule has 0 spiro atoms. The van der Waals surface area contributed by atoms with Crippen LogP contribution in [0.5, 0.6) is 0 Å². The lowest BCUT2D eigenvalue weighted by Gasteiger charge is -2.52. The van der Waals surface area contributed by atoms with Gasteiger partial charge < -0.3 is 0 Å². The highest BCUT2D eigenvalue weighted by molar-refractivity contribution is 7.78. The van der Waals surface area contributed by atoms with Crippen LogP contribution in [-0.4, -0.2) is 5.66 Å². The van der Waals surface area contributed by atoms with Gasteiger partial charge in [0.05, 0.1) is 5.16 Å². The Kier molecular flexibility index (Phi) is 7.93. The first kappa shape index (κ1) is 28.8. The van der Waals surface area contributed by atoms with Crippen LogP contribution in [0.1, 0.15) is 16.7 Å². The van der Waals surface area contributed by atoms with Crippen LogP contribution in [0.3, 0.4) is 0 Å². The summed E-state index contributed by atoms with van der Waals surface area (Å²) in [6.07, 6.45) is 4.99. The summed E-state index contributed by atoms with van der Waals surface area (Å²) in [6.45, 7) is 0. The SMILES string of the molecule is C1=CC(P(c2ccccc2)c2ccccc2)C(c2cccc3ccccc23)(P(c2ccccc2)c2ccccc2)c2ccccc21. The monoisotopic (exact) mass is 624 g/mol. The molecule has 1 aliphatic rings. The Hall–Kier alpha value is -4.60. The molecule has 0 nitrogen and oxygen atoms in total. The number of allylic oxidation sites excluding steroid dienone is 1. The third-order valence-corrected chi connectivity index (χ3v) is 15.3. The Morgan fingerprint density at radius 1 is 0.391 bits per heavy atom. The molecule has 220 valence electrons. The van der Waals surface area contributed by atoms with Crippen LogP contribution < -0.4 is 21.2 Å². The van der Waals surface area contributed by atoms with Crippen LogP contribution in [0.15, 0.2) is 194 Å². The third kappa shape index (κ3) is 4.94. The van der Waals surface area contributed by atoms with Gasteiger partial charge in [-0.15, -0.1) is 0 Å². The standard InChI is InChI=1S/C44H34P2/c1-5-21-36(22-6-1)45(37-23-7-2-8-24-37)43-33-32-35-19-14-16-30-41(35)44(43,42-31-17-20-34-18-13-15-29-40(34)42)46(38-25-9-3-10-26-38)39-27-11-4-12-28-39/h1-33,43H. The third-order valence-electron chi connectivity index (χ3n) is 9.19. The van der Waals surface area contributed by atoms with Crippen molar-refractivity contribution in [1.29, 1.82) is 0 Å². The maximum absolute atomic E-state index is 2.58. The second kappa shape index (κ2) is 12.7. The van der Waals surface area contributed by atoms with Crippen LogP contribution in [0.25, 0.3) is 16.8 Å². The lowest BCUT2D eigenvalue weighted by molar-refractivity contribution is 0.754. The first-order valence-electron chi connectivity index (χ1n) is 15.9. The van der Waals surface area contributed by atoms with E-state index in [1.807, 2.05) is 0 Å². The first-order valence-corrected chi connectivity index (χ1v) is 18.7. The maximum atomic E-state index is 2.58. The molecule has 0 aliphatic heterocycles. The molecule has 0 heterocycles. The van der Waals surface area contributed by atoms with E-state index in [0.29, 0.717) is 0 Å². The molecule has 8 rings (SSSR count). The number of rotatable bonds is 7. The van der Waals surface area contributed by atoms with Crippen molar-refractivity contribution < 1.29 is 0 Å². The molecule has 0 N–H and O–H groups in total. The molecule has 7 aromatic carbocycles. The van der Waals surface area contributed by atoms with Crippen LogP contribution >= 0.6 is 15.8 Å². The highest BCUT2D eigenvalue weighted by atomic mass is 31.1. The van der Waals surface area contributed by atoms with Crippen molar-refractivity contribution in [2.75, 3.05) is 0 Å². The summed E-state index contributed by atoms with van der Waals surface area (Å²) < 4.78 is 0. The van der Waals surface area contributed by atoms with E-state index in [1.165, 1.54) is 48.7 Å². The fourth-order valence-corrected chi connectivity index (χ4v) is 14.2. The van der Waals surface area contributed by atoms with Crippen molar-refractivity contribution in [2.24, 2.45) is 0 Å². The molecule has 2 atom stereocenters. The van der Waals surface area contributed by atoms with Gasteiger partial charge >= 0.3 is 0 Å². The fraction of sp³-hybridized carbons (Fsp3) is 0.0455. The van der Waals surface area contributed by atoms with Crippen LogP contribution in [0.2, 0.25) is 0 Å². The average molecular weight is 625 g/mol. The van der Waals surface area contributed by atoms with Gasteiger partial charge in [0, 0.05) is 5.66 Å². The van der Waals surface area contributed by atoms with Gasteiger partial charge in [-0.3, -0.25) is 0 Å². The minimum Gasteiger partial charge on any atom is -0.0743 e. The van der Waals surface area contributed by atoms with Crippen LogP contribution in [0.4, 0.5) is 0 Å². The Bertz CT molecular complexity index is 2020. The second-order valence-corrected chi connectivity index (χ2v) is 16.5. The number of hydrogen-bond acceptors (Lipinski definition) is 0. The van der Waals surface area contributed by atoms with E-state index in [2.05, 4.69) is 200 Å². The van der Waals surface area contributed by atoms with Gasteiger partial charge in [0.1, 0.15) is 0 Å². The minimum absolute atomic E-state index is 0.166. The Morgan fingerprint density at radius 2 is 0.848 bits per heavy atom. The summed E-state index contributed by atoms with van der Waals surface area (Å²) in [5.41, 5.74) is 4.30. The van der Waals surface area contributed by atoms with E-state index in [4.69, 9.17) is 0 Å². The quantitative estimate of drug-likeness (QED) is 0.155.